The molecule has 0 radical (unpaired) electrons. The van der Waals surface area contributed by atoms with E-state index >= 15 is 0 Å². The van der Waals surface area contributed by atoms with Gasteiger partial charge in [-0.05, 0) is 59.9 Å². The van der Waals surface area contributed by atoms with Crippen molar-refractivity contribution in [3.8, 4) is 0 Å². The first-order chi connectivity index (χ1) is 8.87. The zero-order chi connectivity index (χ0) is 14.3. The van der Waals surface area contributed by atoms with Crippen molar-refractivity contribution in [2.45, 2.75) is 65.0 Å². The van der Waals surface area contributed by atoms with Gasteiger partial charge < -0.3 is 15.4 Å². The number of ether oxygens (including phenoxy) is 1. The van der Waals surface area contributed by atoms with Gasteiger partial charge in [0.1, 0.15) is 5.60 Å². The number of hydrogen-bond acceptors (Lipinski definition) is 3. The summed E-state index contributed by atoms with van der Waals surface area (Å²) in [4.78, 5) is 11.5. The highest BCUT2D eigenvalue weighted by Crippen LogP contribution is 2.19. The Hall–Kier alpha value is -1.03. The first-order valence-corrected chi connectivity index (χ1v) is 7.25. The summed E-state index contributed by atoms with van der Waals surface area (Å²) in [5.41, 5.74) is 1.13. The molecule has 1 atom stereocenters. The van der Waals surface area contributed by atoms with Gasteiger partial charge in [-0.2, -0.15) is 0 Å². The number of alkyl carbamates (subject to hydrolysis) is 1. The van der Waals surface area contributed by atoms with Crippen molar-refractivity contribution < 1.29 is 9.53 Å². The predicted octanol–water partition coefficient (Wildman–Crippen LogP) is 2.99. The summed E-state index contributed by atoms with van der Waals surface area (Å²) in [7, 11) is 0. The van der Waals surface area contributed by atoms with E-state index in [0.29, 0.717) is 6.54 Å². The zero-order valence-electron chi connectivity index (χ0n) is 12.7. The molecule has 0 fully saturated rings. The third-order valence-corrected chi connectivity index (χ3v) is 3.03. The van der Waals surface area contributed by atoms with Gasteiger partial charge in [-0.3, -0.25) is 0 Å². The number of allylic oxidation sites excluding steroid dienone is 1. The van der Waals surface area contributed by atoms with Gasteiger partial charge >= 0.3 is 6.09 Å². The number of carbonyl (C=O) groups excluding carboxylic acids is 1. The molecule has 1 aliphatic rings. The van der Waals surface area contributed by atoms with Crippen LogP contribution in [0.5, 0.6) is 0 Å². The minimum atomic E-state index is -0.435. The second kappa shape index (κ2) is 7.53. The largest absolute Gasteiger partial charge is 0.444 e. The van der Waals surface area contributed by atoms with Gasteiger partial charge in [0.15, 0.2) is 0 Å². The summed E-state index contributed by atoms with van der Waals surface area (Å²) in [5, 5.41) is 6.20. The molecule has 0 aromatic heterocycles. The molecule has 1 unspecified atom stereocenters. The first-order valence-electron chi connectivity index (χ1n) is 7.25. The molecule has 0 saturated carbocycles. The summed E-state index contributed by atoms with van der Waals surface area (Å²) in [6.07, 6.45) is 6.93. The summed E-state index contributed by atoms with van der Waals surface area (Å²) in [6, 6.07) is 0.259. The van der Waals surface area contributed by atoms with Crippen LogP contribution >= 0.6 is 0 Å². The van der Waals surface area contributed by atoms with Crippen LogP contribution < -0.4 is 10.6 Å². The maximum atomic E-state index is 11.5. The van der Waals surface area contributed by atoms with Crippen LogP contribution in [-0.2, 0) is 4.74 Å². The summed E-state index contributed by atoms with van der Waals surface area (Å²) in [6.45, 7) is 9.23. The second-order valence-corrected chi connectivity index (χ2v) is 6.24. The standard InChI is InChI=1S/C15H28N2O2/c1-12(11-17-14(18)19-15(2,3)4)16-10-9-13-7-5-6-8-13/h7,12,16H,5-6,8-11H2,1-4H3,(H,17,18). The molecule has 0 aliphatic heterocycles. The van der Waals surface area contributed by atoms with E-state index in [-0.39, 0.29) is 12.1 Å². The minimum absolute atomic E-state index is 0.259. The minimum Gasteiger partial charge on any atom is -0.444 e. The van der Waals surface area contributed by atoms with Crippen molar-refractivity contribution in [2.24, 2.45) is 0 Å². The van der Waals surface area contributed by atoms with Crippen LogP contribution in [0.15, 0.2) is 11.6 Å². The molecule has 0 bridgehead atoms. The van der Waals surface area contributed by atoms with Gasteiger partial charge in [0.05, 0.1) is 0 Å². The van der Waals surface area contributed by atoms with Gasteiger partial charge in [-0.25, -0.2) is 4.79 Å². The molecule has 4 heteroatoms. The molecule has 2 N–H and O–H groups in total. The van der Waals surface area contributed by atoms with Gasteiger partial charge in [0, 0.05) is 12.6 Å². The maximum Gasteiger partial charge on any atom is 0.407 e. The highest BCUT2D eigenvalue weighted by atomic mass is 16.6. The summed E-state index contributed by atoms with van der Waals surface area (Å²) < 4.78 is 5.19. The summed E-state index contributed by atoms with van der Waals surface area (Å²) in [5.74, 6) is 0. The Bertz CT molecular complexity index is 319. The van der Waals surface area contributed by atoms with Crippen molar-refractivity contribution in [3.63, 3.8) is 0 Å². The molecule has 1 aliphatic carbocycles. The van der Waals surface area contributed by atoms with Crippen LogP contribution in [0.2, 0.25) is 0 Å². The van der Waals surface area contributed by atoms with Crippen LogP contribution in [0.1, 0.15) is 53.4 Å². The Labute approximate surface area is 117 Å². The van der Waals surface area contributed by atoms with Crippen molar-refractivity contribution in [3.05, 3.63) is 11.6 Å². The van der Waals surface area contributed by atoms with Gasteiger partial charge in [-0.15, -0.1) is 0 Å². The van der Waals surface area contributed by atoms with E-state index in [2.05, 4.69) is 23.6 Å². The third kappa shape index (κ3) is 7.88. The van der Waals surface area contributed by atoms with E-state index in [1.807, 2.05) is 20.8 Å². The number of carbonyl (C=O) groups is 1. The van der Waals surface area contributed by atoms with Crippen molar-refractivity contribution in [2.75, 3.05) is 13.1 Å². The fraction of sp³-hybridized carbons (Fsp3) is 0.800. The molecular formula is C15H28N2O2. The van der Waals surface area contributed by atoms with Crippen LogP contribution in [0.4, 0.5) is 4.79 Å². The van der Waals surface area contributed by atoms with Crippen LogP contribution in [0.3, 0.4) is 0 Å². The van der Waals surface area contributed by atoms with Gasteiger partial charge in [0.2, 0.25) is 0 Å². The molecule has 4 nitrogen and oxygen atoms in total. The lowest BCUT2D eigenvalue weighted by Gasteiger charge is -2.21. The molecule has 19 heavy (non-hydrogen) atoms. The van der Waals surface area contributed by atoms with E-state index in [1.54, 1.807) is 5.57 Å². The van der Waals surface area contributed by atoms with E-state index in [1.165, 1.54) is 19.3 Å². The predicted molar refractivity (Wildman–Crippen MR) is 78.3 cm³/mol. The van der Waals surface area contributed by atoms with Crippen LogP contribution in [0, 0.1) is 0 Å². The SMILES string of the molecule is CC(CNC(=O)OC(C)(C)C)NCCC1=CCCC1. The lowest BCUT2D eigenvalue weighted by atomic mass is 10.1. The summed E-state index contributed by atoms with van der Waals surface area (Å²) >= 11 is 0. The molecule has 0 heterocycles. The normalized spacial score (nSPS) is 16.9. The Morgan fingerprint density at radius 2 is 2.21 bits per heavy atom. The zero-order valence-corrected chi connectivity index (χ0v) is 12.7. The van der Waals surface area contributed by atoms with E-state index in [4.69, 9.17) is 4.74 Å². The number of nitrogens with one attached hydrogen (secondary N) is 2. The van der Waals surface area contributed by atoms with Crippen molar-refractivity contribution >= 4 is 6.09 Å². The Morgan fingerprint density at radius 3 is 2.79 bits per heavy atom. The molecular weight excluding hydrogens is 240 g/mol. The van der Waals surface area contributed by atoms with Gasteiger partial charge in [0.25, 0.3) is 0 Å². The maximum absolute atomic E-state index is 11.5. The lowest BCUT2D eigenvalue weighted by Crippen LogP contribution is -2.41. The van der Waals surface area contributed by atoms with E-state index in [9.17, 15) is 4.79 Å². The quantitative estimate of drug-likeness (QED) is 0.728. The fourth-order valence-corrected chi connectivity index (χ4v) is 2.07. The van der Waals surface area contributed by atoms with E-state index < -0.39 is 5.60 Å². The smallest absolute Gasteiger partial charge is 0.407 e. The number of rotatable bonds is 6. The Kier molecular flexibility index (Phi) is 6.35. The van der Waals surface area contributed by atoms with E-state index in [0.717, 1.165) is 13.0 Å². The van der Waals surface area contributed by atoms with Crippen molar-refractivity contribution in [1.29, 1.82) is 0 Å². The molecule has 110 valence electrons. The average Bonchev–Trinajstić information content (AvgIpc) is 2.77. The monoisotopic (exact) mass is 268 g/mol. The van der Waals surface area contributed by atoms with Crippen LogP contribution in [0.25, 0.3) is 0 Å². The second-order valence-electron chi connectivity index (χ2n) is 6.24. The molecule has 0 spiro atoms. The molecule has 1 amide bonds. The third-order valence-electron chi connectivity index (χ3n) is 3.03. The number of hydrogen-bond donors (Lipinski definition) is 2. The Balaban J connectivity index is 2.07. The molecule has 0 aromatic rings. The highest BCUT2D eigenvalue weighted by molar-refractivity contribution is 5.67. The molecule has 0 aromatic carbocycles. The van der Waals surface area contributed by atoms with Gasteiger partial charge in [-0.1, -0.05) is 11.6 Å². The highest BCUT2D eigenvalue weighted by Gasteiger charge is 2.16. The molecule has 0 saturated heterocycles. The molecule has 1 rings (SSSR count). The Morgan fingerprint density at radius 1 is 1.47 bits per heavy atom. The first kappa shape index (κ1) is 16.0. The average molecular weight is 268 g/mol. The lowest BCUT2D eigenvalue weighted by molar-refractivity contribution is 0.0523. The fourth-order valence-electron chi connectivity index (χ4n) is 2.07. The van der Waals surface area contributed by atoms with Crippen LogP contribution in [-0.4, -0.2) is 30.8 Å². The topological polar surface area (TPSA) is 50.4 Å². The van der Waals surface area contributed by atoms with Crippen molar-refractivity contribution in [1.82, 2.24) is 10.6 Å². The number of amides is 1.